The number of nitro benzene ring substituents is 1. The molecule has 0 aliphatic heterocycles. The van der Waals surface area contributed by atoms with E-state index in [9.17, 15) is 14.9 Å². The molecule has 25 heavy (non-hydrogen) atoms. The van der Waals surface area contributed by atoms with Gasteiger partial charge in [0.05, 0.1) is 23.2 Å². The standard InChI is InChI=1S/C14H11N7O3S/c22-11(6-25-14-12-13(16-7-15-12)17-8-18-14)20-19-5-9-2-1-3-10(4-9)21(23)24/h1-5,7-8H,6H2,(H,20,22)(H,15,16,17,18)/b19-5-. The highest BCUT2D eigenvalue weighted by Crippen LogP contribution is 2.21. The van der Waals surface area contributed by atoms with Gasteiger partial charge in [0.1, 0.15) is 16.9 Å². The van der Waals surface area contributed by atoms with Crippen molar-refractivity contribution in [3.8, 4) is 0 Å². The summed E-state index contributed by atoms with van der Waals surface area (Å²) in [6.45, 7) is 0. The van der Waals surface area contributed by atoms with Crippen LogP contribution in [-0.2, 0) is 4.79 Å². The Hall–Kier alpha value is -3.34. The zero-order chi connectivity index (χ0) is 17.6. The van der Waals surface area contributed by atoms with Gasteiger partial charge >= 0.3 is 0 Å². The molecule has 1 amide bonds. The number of hydrogen-bond acceptors (Lipinski definition) is 8. The van der Waals surface area contributed by atoms with Crippen LogP contribution in [0.1, 0.15) is 5.56 Å². The fourth-order valence-corrected chi connectivity index (χ4v) is 2.66. The SMILES string of the molecule is O=C(CSc1ncnc2nc[nH]c12)N/N=C\c1cccc([N+](=O)[O-])c1. The number of non-ortho nitro benzene ring substituents is 1. The summed E-state index contributed by atoms with van der Waals surface area (Å²) in [5.74, 6) is -0.241. The Bertz CT molecular complexity index is 956. The minimum Gasteiger partial charge on any atom is -0.341 e. The van der Waals surface area contributed by atoms with Crippen LogP contribution in [-0.4, -0.2) is 42.7 Å². The van der Waals surface area contributed by atoms with E-state index in [-0.39, 0.29) is 17.3 Å². The number of hydrogen-bond donors (Lipinski definition) is 2. The molecule has 2 N–H and O–H groups in total. The monoisotopic (exact) mass is 357 g/mol. The van der Waals surface area contributed by atoms with E-state index in [0.717, 1.165) is 0 Å². The van der Waals surface area contributed by atoms with Gasteiger partial charge in [0.15, 0.2) is 5.65 Å². The second-order valence-electron chi connectivity index (χ2n) is 4.71. The number of nitrogens with zero attached hydrogens (tertiary/aromatic N) is 5. The predicted octanol–water partition coefficient (Wildman–Crippen LogP) is 1.50. The largest absolute Gasteiger partial charge is 0.341 e. The quantitative estimate of drug-likeness (QED) is 0.224. The number of nitrogens with one attached hydrogen (secondary N) is 2. The molecule has 0 saturated carbocycles. The van der Waals surface area contributed by atoms with Crippen LogP contribution in [0.15, 0.2) is 47.0 Å². The van der Waals surface area contributed by atoms with E-state index in [1.165, 1.54) is 42.8 Å². The maximum atomic E-state index is 11.8. The molecule has 1 aromatic carbocycles. The minimum atomic E-state index is -0.496. The molecule has 126 valence electrons. The molecule has 0 bridgehead atoms. The third kappa shape index (κ3) is 4.14. The molecule has 0 fully saturated rings. The van der Waals surface area contributed by atoms with Gasteiger partial charge in [-0.15, -0.1) is 0 Å². The molecular formula is C14H11N7O3S. The van der Waals surface area contributed by atoms with Crippen molar-refractivity contribution in [2.24, 2.45) is 5.10 Å². The van der Waals surface area contributed by atoms with Gasteiger partial charge in [0.25, 0.3) is 5.69 Å². The highest BCUT2D eigenvalue weighted by atomic mass is 32.2. The second-order valence-corrected chi connectivity index (χ2v) is 5.68. The fourth-order valence-electron chi connectivity index (χ4n) is 1.92. The van der Waals surface area contributed by atoms with Gasteiger partial charge in [-0.1, -0.05) is 23.9 Å². The normalized spacial score (nSPS) is 11.0. The number of rotatable bonds is 6. The number of carbonyl (C=O) groups is 1. The third-order valence-electron chi connectivity index (χ3n) is 3.01. The molecular weight excluding hydrogens is 346 g/mol. The Morgan fingerprint density at radius 1 is 1.40 bits per heavy atom. The maximum absolute atomic E-state index is 11.8. The lowest BCUT2D eigenvalue weighted by atomic mass is 10.2. The number of carbonyl (C=O) groups excluding carboxylic acids is 1. The smallest absolute Gasteiger partial charge is 0.270 e. The van der Waals surface area contributed by atoms with Crippen LogP contribution in [0.4, 0.5) is 5.69 Å². The number of fused-ring (bicyclic) bond motifs is 1. The maximum Gasteiger partial charge on any atom is 0.270 e. The van der Waals surface area contributed by atoms with Crippen LogP contribution < -0.4 is 5.43 Å². The van der Waals surface area contributed by atoms with Crippen molar-refractivity contribution in [3.05, 3.63) is 52.6 Å². The second kappa shape index (κ2) is 7.49. The van der Waals surface area contributed by atoms with Gasteiger partial charge in [-0.25, -0.2) is 20.4 Å². The average molecular weight is 357 g/mol. The first-order valence-electron chi connectivity index (χ1n) is 6.97. The number of hydrazone groups is 1. The molecule has 0 unspecified atom stereocenters. The summed E-state index contributed by atoms with van der Waals surface area (Å²) >= 11 is 1.22. The zero-order valence-corrected chi connectivity index (χ0v) is 13.4. The van der Waals surface area contributed by atoms with Gasteiger partial charge in [-0.2, -0.15) is 5.10 Å². The number of amides is 1. The Balaban J connectivity index is 1.55. The number of aromatic nitrogens is 4. The van der Waals surface area contributed by atoms with Crippen molar-refractivity contribution in [1.82, 2.24) is 25.4 Å². The molecule has 2 aromatic heterocycles. The van der Waals surface area contributed by atoms with E-state index in [4.69, 9.17) is 0 Å². The van der Waals surface area contributed by atoms with Crippen molar-refractivity contribution in [2.75, 3.05) is 5.75 Å². The van der Waals surface area contributed by atoms with E-state index in [1.54, 1.807) is 12.1 Å². The van der Waals surface area contributed by atoms with Crippen LogP contribution in [0.2, 0.25) is 0 Å². The summed E-state index contributed by atoms with van der Waals surface area (Å²) in [5, 5.41) is 15.1. The van der Waals surface area contributed by atoms with E-state index in [1.807, 2.05) is 0 Å². The van der Waals surface area contributed by atoms with Gasteiger partial charge in [-0.05, 0) is 0 Å². The first-order valence-corrected chi connectivity index (χ1v) is 7.95. The molecule has 0 radical (unpaired) electrons. The topological polar surface area (TPSA) is 139 Å². The molecule has 2 heterocycles. The van der Waals surface area contributed by atoms with E-state index < -0.39 is 4.92 Å². The van der Waals surface area contributed by atoms with E-state index in [0.29, 0.717) is 21.8 Å². The molecule has 3 aromatic rings. The van der Waals surface area contributed by atoms with Gasteiger partial charge in [0.2, 0.25) is 5.91 Å². The summed E-state index contributed by atoms with van der Waals surface area (Å²) in [6.07, 6.45) is 4.23. The van der Waals surface area contributed by atoms with Crippen molar-refractivity contribution < 1.29 is 9.72 Å². The minimum absolute atomic E-state index is 0.0434. The molecule has 0 spiro atoms. The highest BCUT2D eigenvalue weighted by molar-refractivity contribution is 8.00. The number of aromatic amines is 1. The van der Waals surface area contributed by atoms with Crippen LogP contribution in [0.3, 0.4) is 0 Å². The summed E-state index contributed by atoms with van der Waals surface area (Å²) in [6, 6.07) is 5.93. The molecule has 0 aliphatic rings. The van der Waals surface area contributed by atoms with E-state index >= 15 is 0 Å². The number of imidazole rings is 1. The summed E-state index contributed by atoms with van der Waals surface area (Å²) < 4.78 is 0. The first-order chi connectivity index (χ1) is 12.1. The lowest BCUT2D eigenvalue weighted by Crippen LogP contribution is -2.19. The molecule has 0 saturated heterocycles. The summed E-state index contributed by atoms with van der Waals surface area (Å²) in [7, 11) is 0. The molecule has 0 aliphatic carbocycles. The van der Waals surface area contributed by atoms with Crippen LogP contribution in [0.5, 0.6) is 0 Å². The Labute approximate surface area is 144 Å². The van der Waals surface area contributed by atoms with Crippen molar-refractivity contribution >= 4 is 40.7 Å². The van der Waals surface area contributed by atoms with Crippen LogP contribution in [0, 0.1) is 10.1 Å². The average Bonchev–Trinajstić information content (AvgIpc) is 3.09. The van der Waals surface area contributed by atoms with Crippen molar-refractivity contribution in [1.29, 1.82) is 0 Å². The van der Waals surface area contributed by atoms with E-state index in [2.05, 4.69) is 30.5 Å². The first kappa shape index (κ1) is 16.5. The number of benzene rings is 1. The van der Waals surface area contributed by atoms with Crippen molar-refractivity contribution in [3.63, 3.8) is 0 Å². The van der Waals surface area contributed by atoms with Crippen molar-refractivity contribution in [2.45, 2.75) is 5.03 Å². The number of H-pyrrole nitrogens is 1. The third-order valence-corrected chi connectivity index (χ3v) is 4.00. The summed E-state index contributed by atoms with van der Waals surface area (Å²) in [4.78, 5) is 37.1. The Kier molecular flexibility index (Phi) is 4.95. The van der Waals surface area contributed by atoms with Crippen LogP contribution in [0.25, 0.3) is 11.2 Å². The molecule has 10 nitrogen and oxygen atoms in total. The summed E-state index contributed by atoms with van der Waals surface area (Å²) in [5.41, 5.74) is 4.03. The molecule has 11 heteroatoms. The van der Waals surface area contributed by atoms with Gasteiger partial charge in [0, 0.05) is 17.7 Å². The molecule has 0 atom stereocenters. The lowest BCUT2D eigenvalue weighted by Gasteiger charge is -2.01. The highest BCUT2D eigenvalue weighted by Gasteiger charge is 2.09. The Morgan fingerprint density at radius 2 is 2.28 bits per heavy atom. The van der Waals surface area contributed by atoms with Crippen LogP contribution >= 0.6 is 11.8 Å². The fraction of sp³-hybridized carbons (Fsp3) is 0.0714. The number of thioether (sulfide) groups is 1. The zero-order valence-electron chi connectivity index (χ0n) is 12.6. The lowest BCUT2D eigenvalue weighted by molar-refractivity contribution is -0.384. The van der Waals surface area contributed by atoms with Gasteiger partial charge < -0.3 is 4.98 Å². The predicted molar refractivity (Wildman–Crippen MR) is 91.2 cm³/mol. The van der Waals surface area contributed by atoms with Gasteiger partial charge in [-0.3, -0.25) is 14.9 Å². The molecule has 3 rings (SSSR count). The Morgan fingerprint density at radius 3 is 3.12 bits per heavy atom. The number of nitro groups is 1.